The van der Waals surface area contributed by atoms with E-state index in [1.165, 1.54) is 0 Å². The summed E-state index contributed by atoms with van der Waals surface area (Å²) in [5, 5.41) is 19.9. The van der Waals surface area contributed by atoms with Gasteiger partial charge in [0.05, 0.1) is 23.7 Å². The van der Waals surface area contributed by atoms with Crippen molar-refractivity contribution in [3.05, 3.63) is 34.9 Å². The molecular weight excluding hydrogens is 312 g/mol. The number of rotatable bonds is 6. The van der Waals surface area contributed by atoms with E-state index in [0.29, 0.717) is 10.6 Å². The van der Waals surface area contributed by atoms with Crippen LogP contribution in [0.1, 0.15) is 32.8 Å². The van der Waals surface area contributed by atoms with Gasteiger partial charge in [0.2, 0.25) is 0 Å². The first-order valence-corrected chi connectivity index (χ1v) is 8.82. The van der Waals surface area contributed by atoms with E-state index in [2.05, 4.69) is 0 Å². The molecule has 0 spiro atoms. The molecule has 0 radical (unpaired) electrons. The van der Waals surface area contributed by atoms with Crippen LogP contribution in [-0.2, 0) is 15.3 Å². The van der Waals surface area contributed by atoms with Gasteiger partial charge in [-0.05, 0) is 38.8 Å². The molecule has 0 aliphatic heterocycles. The van der Waals surface area contributed by atoms with Crippen molar-refractivity contribution in [2.24, 2.45) is 0 Å². The number of halogens is 1. The monoisotopic (exact) mass is 334 g/mol. The molecule has 0 aromatic heterocycles. The molecule has 6 heteroatoms. The fourth-order valence-electron chi connectivity index (χ4n) is 2.04. The lowest BCUT2D eigenvalue weighted by atomic mass is 9.79. The maximum Gasteiger partial charge on any atom is 0.155 e. The third-order valence-corrected chi connectivity index (χ3v) is 6.77. The van der Waals surface area contributed by atoms with Crippen LogP contribution in [0.5, 0.6) is 0 Å². The average Bonchev–Trinajstić information content (AvgIpc) is 2.41. The first-order chi connectivity index (χ1) is 9.59. The van der Waals surface area contributed by atoms with Crippen LogP contribution in [-0.4, -0.2) is 42.3 Å². The van der Waals surface area contributed by atoms with E-state index in [9.17, 15) is 18.6 Å². The highest BCUT2D eigenvalue weighted by atomic mass is 35.5. The first kappa shape index (κ1) is 18.4. The smallest absolute Gasteiger partial charge is 0.155 e. The molecule has 2 N–H and O–H groups in total. The van der Waals surface area contributed by atoms with Gasteiger partial charge in [-0.15, -0.1) is 0 Å². The molecule has 1 rings (SSSR count). The van der Waals surface area contributed by atoms with Gasteiger partial charge in [-0.1, -0.05) is 29.8 Å². The second-order valence-electron chi connectivity index (χ2n) is 6.26. The maximum atomic E-state index is 12.3. The van der Waals surface area contributed by atoms with Crippen molar-refractivity contribution in [1.82, 2.24) is 0 Å². The van der Waals surface area contributed by atoms with Crippen LogP contribution >= 0.6 is 11.6 Å². The summed E-state index contributed by atoms with van der Waals surface area (Å²) in [4.78, 5) is 0. The Balaban J connectivity index is 3.12. The zero-order chi connectivity index (χ0) is 16.3. The van der Waals surface area contributed by atoms with Crippen LogP contribution < -0.4 is 0 Å². The molecule has 0 fully saturated rings. The van der Waals surface area contributed by atoms with E-state index in [4.69, 9.17) is 11.6 Å². The SMILES string of the molecule is CC(C)(C)S(=O)(=O)CCC(CO)(CO)c1ccccc1Cl. The molecular formula is C15H23ClO4S. The Morgan fingerprint density at radius 1 is 1.10 bits per heavy atom. The van der Waals surface area contributed by atoms with Crippen molar-refractivity contribution in [2.75, 3.05) is 19.0 Å². The number of hydrogen-bond donors (Lipinski definition) is 2. The van der Waals surface area contributed by atoms with E-state index in [-0.39, 0.29) is 25.4 Å². The van der Waals surface area contributed by atoms with Crippen LogP contribution in [0, 0.1) is 0 Å². The first-order valence-electron chi connectivity index (χ1n) is 6.79. The predicted octanol–water partition coefficient (Wildman–Crippen LogP) is 2.17. The van der Waals surface area contributed by atoms with Crippen molar-refractivity contribution in [2.45, 2.75) is 37.4 Å². The van der Waals surface area contributed by atoms with E-state index < -0.39 is 20.0 Å². The number of hydrogen-bond acceptors (Lipinski definition) is 4. The summed E-state index contributed by atoms with van der Waals surface area (Å²) in [6, 6.07) is 6.87. The molecule has 0 unspecified atom stereocenters. The largest absolute Gasteiger partial charge is 0.395 e. The van der Waals surface area contributed by atoms with Gasteiger partial charge in [0.1, 0.15) is 0 Å². The molecule has 120 valence electrons. The summed E-state index contributed by atoms with van der Waals surface area (Å²) in [6.07, 6.45) is 0.114. The summed E-state index contributed by atoms with van der Waals surface area (Å²) >= 11 is 6.13. The van der Waals surface area contributed by atoms with Gasteiger partial charge < -0.3 is 10.2 Å². The average molecular weight is 335 g/mol. The third-order valence-electron chi connectivity index (χ3n) is 3.83. The van der Waals surface area contributed by atoms with Gasteiger partial charge in [-0.2, -0.15) is 0 Å². The Kier molecular flexibility index (Phi) is 5.83. The van der Waals surface area contributed by atoms with Crippen molar-refractivity contribution in [1.29, 1.82) is 0 Å². The molecule has 0 aliphatic rings. The standard InChI is InChI=1S/C15H23ClO4S/c1-14(2,3)21(19,20)9-8-15(10-17,11-18)12-6-4-5-7-13(12)16/h4-7,17-18H,8-11H2,1-3H3. The Morgan fingerprint density at radius 3 is 2.05 bits per heavy atom. The number of aliphatic hydroxyl groups excluding tert-OH is 2. The second-order valence-corrected chi connectivity index (χ2v) is 9.53. The van der Waals surface area contributed by atoms with E-state index in [1.807, 2.05) is 0 Å². The Bertz CT molecular complexity index is 572. The molecule has 4 nitrogen and oxygen atoms in total. The number of aliphatic hydroxyl groups is 2. The Labute approximate surface area is 131 Å². The molecule has 0 aliphatic carbocycles. The quantitative estimate of drug-likeness (QED) is 0.836. The van der Waals surface area contributed by atoms with Gasteiger partial charge in [0.25, 0.3) is 0 Å². The topological polar surface area (TPSA) is 74.6 Å². The molecule has 1 aromatic rings. The van der Waals surface area contributed by atoms with E-state index >= 15 is 0 Å². The Hall–Kier alpha value is -0.620. The summed E-state index contributed by atoms with van der Waals surface area (Å²) in [6.45, 7) is 4.17. The fourth-order valence-corrected chi connectivity index (χ4v) is 3.65. The van der Waals surface area contributed by atoms with Crippen molar-refractivity contribution in [3.63, 3.8) is 0 Å². The number of sulfone groups is 1. The Morgan fingerprint density at radius 2 is 1.62 bits per heavy atom. The lowest BCUT2D eigenvalue weighted by Gasteiger charge is -2.32. The van der Waals surface area contributed by atoms with Gasteiger partial charge in [-0.3, -0.25) is 0 Å². The molecule has 0 saturated heterocycles. The lowest BCUT2D eigenvalue weighted by Crippen LogP contribution is -2.40. The molecule has 0 atom stereocenters. The van der Waals surface area contributed by atoms with Gasteiger partial charge in [0.15, 0.2) is 9.84 Å². The molecule has 0 heterocycles. The summed E-state index contributed by atoms with van der Waals surface area (Å²) in [5.74, 6) is -0.122. The highest BCUT2D eigenvalue weighted by molar-refractivity contribution is 7.92. The normalized spacial score (nSPS) is 13.4. The van der Waals surface area contributed by atoms with E-state index in [0.717, 1.165) is 0 Å². The van der Waals surface area contributed by atoms with Crippen LogP contribution in [0.25, 0.3) is 0 Å². The van der Waals surface area contributed by atoms with Gasteiger partial charge in [0, 0.05) is 10.4 Å². The minimum absolute atomic E-state index is 0.114. The second kappa shape index (κ2) is 6.65. The minimum atomic E-state index is -3.34. The fraction of sp³-hybridized carbons (Fsp3) is 0.600. The van der Waals surface area contributed by atoms with Crippen LogP contribution in [0.3, 0.4) is 0 Å². The summed E-state index contributed by atoms with van der Waals surface area (Å²) < 4.78 is 23.6. The van der Waals surface area contributed by atoms with E-state index in [1.54, 1.807) is 45.0 Å². The minimum Gasteiger partial charge on any atom is -0.395 e. The third kappa shape index (κ3) is 3.97. The molecule has 0 saturated carbocycles. The van der Waals surface area contributed by atoms with Gasteiger partial charge >= 0.3 is 0 Å². The molecule has 21 heavy (non-hydrogen) atoms. The van der Waals surface area contributed by atoms with Crippen molar-refractivity contribution >= 4 is 21.4 Å². The van der Waals surface area contributed by atoms with Crippen LogP contribution in [0.4, 0.5) is 0 Å². The maximum absolute atomic E-state index is 12.3. The van der Waals surface area contributed by atoms with Crippen LogP contribution in [0.15, 0.2) is 24.3 Å². The van der Waals surface area contributed by atoms with Crippen molar-refractivity contribution < 1.29 is 18.6 Å². The highest BCUT2D eigenvalue weighted by Gasteiger charge is 2.37. The highest BCUT2D eigenvalue weighted by Crippen LogP contribution is 2.34. The molecule has 0 bridgehead atoms. The summed E-state index contributed by atoms with van der Waals surface area (Å²) in [5.41, 5.74) is -0.489. The molecule has 0 amide bonds. The van der Waals surface area contributed by atoms with Crippen LogP contribution in [0.2, 0.25) is 5.02 Å². The lowest BCUT2D eigenvalue weighted by molar-refractivity contribution is 0.114. The zero-order valence-electron chi connectivity index (χ0n) is 12.6. The van der Waals surface area contributed by atoms with Gasteiger partial charge in [-0.25, -0.2) is 8.42 Å². The summed E-state index contributed by atoms with van der Waals surface area (Å²) in [7, 11) is -3.34. The zero-order valence-corrected chi connectivity index (χ0v) is 14.2. The predicted molar refractivity (Wildman–Crippen MR) is 85.5 cm³/mol. The number of benzene rings is 1. The van der Waals surface area contributed by atoms with Crippen molar-refractivity contribution in [3.8, 4) is 0 Å². The molecule has 1 aromatic carbocycles.